The molecule has 0 saturated carbocycles. The van der Waals surface area contributed by atoms with Crippen LogP contribution in [-0.2, 0) is 0 Å². The monoisotopic (exact) mass is 329 g/mol. The minimum atomic E-state index is 0.205. The molecule has 0 aliphatic carbocycles. The molecule has 1 aromatic carbocycles. The molecule has 20 heavy (non-hydrogen) atoms. The number of halogens is 1. The van der Waals surface area contributed by atoms with Crippen LogP contribution in [0.15, 0.2) is 53.3 Å². The molecule has 0 bridgehead atoms. The molecule has 5 heteroatoms. The van der Waals surface area contributed by atoms with Gasteiger partial charge in [-0.2, -0.15) is 5.10 Å². The van der Waals surface area contributed by atoms with Gasteiger partial charge >= 0.3 is 0 Å². The van der Waals surface area contributed by atoms with E-state index in [2.05, 4.69) is 26.0 Å². The molecule has 1 N–H and O–H groups in total. The van der Waals surface area contributed by atoms with Gasteiger partial charge in [-0.3, -0.25) is 0 Å². The number of rotatable bonds is 2. The molecule has 100 valence electrons. The first-order valence-corrected chi connectivity index (χ1v) is 6.91. The molecule has 0 spiro atoms. The lowest BCUT2D eigenvalue weighted by atomic mass is 10.1. The molecule has 2 aromatic heterocycles. The fourth-order valence-corrected chi connectivity index (χ4v) is 2.38. The Morgan fingerprint density at radius 3 is 2.85 bits per heavy atom. The number of aryl methyl sites for hydroxylation is 1. The molecule has 0 amide bonds. The Morgan fingerprint density at radius 2 is 2.05 bits per heavy atom. The first-order valence-electron chi connectivity index (χ1n) is 6.12. The Bertz CT molecular complexity index is 767. The van der Waals surface area contributed by atoms with Crippen molar-refractivity contribution >= 4 is 15.9 Å². The van der Waals surface area contributed by atoms with Gasteiger partial charge in [0.15, 0.2) is 5.82 Å². The second kappa shape index (κ2) is 5.09. The molecular formula is C15H12BrN3O. The number of phenols is 1. The van der Waals surface area contributed by atoms with Crippen LogP contribution in [0.2, 0.25) is 0 Å². The van der Waals surface area contributed by atoms with Crippen LogP contribution in [0.3, 0.4) is 0 Å². The summed E-state index contributed by atoms with van der Waals surface area (Å²) in [6.07, 6.45) is 3.57. The standard InChI is InChI=1S/C15H12BrN3O/c1-10-3-2-7-17-15(10)19-8-6-13(18-19)12-9-11(16)4-5-14(12)20/h2-9,20H,1H3. The third-order valence-electron chi connectivity index (χ3n) is 3.02. The topological polar surface area (TPSA) is 50.9 Å². The zero-order valence-corrected chi connectivity index (χ0v) is 12.4. The van der Waals surface area contributed by atoms with Crippen LogP contribution in [0.4, 0.5) is 0 Å². The number of pyridine rings is 1. The predicted molar refractivity (Wildman–Crippen MR) is 80.9 cm³/mol. The van der Waals surface area contributed by atoms with E-state index < -0.39 is 0 Å². The lowest BCUT2D eigenvalue weighted by Gasteiger charge is -2.04. The molecule has 0 radical (unpaired) electrons. The summed E-state index contributed by atoms with van der Waals surface area (Å²) in [6.45, 7) is 1.99. The minimum Gasteiger partial charge on any atom is -0.507 e. The van der Waals surface area contributed by atoms with E-state index in [0.717, 1.165) is 15.9 Å². The average Bonchev–Trinajstić information content (AvgIpc) is 2.91. The van der Waals surface area contributed by atoms with Gasteiger partial charge in [0.25, 0.3) is 0 Å². The SMILES string of the molecule is Cc1cccnc1-n1ccc(-c2cc(Br)ccc2O)n1. The molecule has 0 unspecified atom stereocenters. The van der Waals surface area contributed by atoms with E-state index in [1.54, 1.807) is 23.0 Å². The van der Waals surface area contributed by atoms with Crippen molar-refractivity contribution in [3.63, 3.8) is 0 Å². The fourth-order valence-electron chi connectivity index (χ4n) is 2.02. The Labute approximate surface area is 124 Å². The zero-order valence-electron chi connectivity index (χ0n) is 10.8. The molecule has 0 aliphatic rings. The zero-order chi connectivity index (χ0) is 14.1. The van der Waals surface area contributed by atoms with E-state index in [9.17, 15) is 5.11 Å². The fraction of sp³-hybridized carbons (Fsp3) is 0.0667. The highest BCUT2D eigenvalue weighted by Gasteiger charge is 2.10. The third kappa shape index (κ3) is 2.32. The summed E-state index contributed by atoms with van der Waals surface area (Å²) < 4.78 is 2.61. The van der Waals surface area contributed by atoms with Crippen LogP contribution in [0.1, 0.15) is 5.56 Å². The molecule has 2 heterocycles. The number of phenolic OH excluding ortho intramolecular Hbond substituents is 1. The Balaban J connectivity index is 2.07. The largest absolute Gasteiger partial charge is 0.507 e. The minimum absolute atomic E-state index is 0.205. The van der Waals surface area contributed by atoms with Crippen LogP contribution < -0.4 is 0 Å². The number of aromatic nitrogens is 3. The van der Waals surface area contributed by atoms with Crippen LogP contribution in [0.25, 0.3) is 17.1 Å². The van der Waals surface area contributed by atoms with E-state index in [0.29, 0.717) is 11.3 Å². The highest BCUT2D eigenvalue weighted by molar-refractivity contribution is 9.10. The normalized spacial score (nSPS) is 10.7. The number of hydrogen-bond donors (Lipinski definition) is 1. The van der Waals surface area contributed by atoms with Crippen molar-refractivity contribution in [2.45, 2.75) is 6.92 Å². The first kappa shape index (κ1) is 12.9. The van der Waals surface area contributed by atoms with Gasteiger partial charge in [0.2, 0.25) is 0 Å². The number of nitrogens with zero attached hydrogens (tertiary/aromatic N) is 3. The predicted octanol–water partition coefficient (Wildman–Crippen LogP) is 3.71. The van der Waals surface area contributed by atoms with Gasteiger partial charge in [-0.1, -0.05) is 22.0 Å². The third-order valence-corrected chi connectivity index (χ3v) is 3.52. The second-order valence-electron chi connectivity index (χ2n) is 4.45. The van der Waals surface area contributed by atoms with Gasteiger partial charge in [0.1, 0.15) is 5.75 Å². The van der Waals surface area contributed by atoms with Crippen molar-refractivity contribution in [1.82, 2.24) is 14.8 Å². The summed E-state index contributed by atoms with van der Waals surface area (Å²) in [7, 11) is 0. The summed E-state index contributed by atoms with van der Waals surface area (Å²) in [6, 6.07) is 11.0. The maximum atomic E-state index is 9.94. The van der Waals surface area contributed by atoms with Gasteiger partial charge in [-0.15, -0.1) is 0 Å². The maximum Gasteiger partial charge on any atom is 0.156 e. The Kier molecular flexibility index (Phi) is 3.28. The van der Waals surface area contributed by atoms with Crippen molar-refractivity contribution < 1.29 is 5.11 Å². The Morgan fingerprint density at radius 1 is 1.20 bits per heavy atom. The van der Waals surface area contributed by atoms with E-state index in [-0.39, 0.29) is 5.75 Å². The van der Waals surface area contributed by atoms with E-state index in [1.165, 1.54) is 0 Å². The average molecular weight is 330 g/mol. The second-order valence-corrected chi connectivity index (χ2v) is 5.37. The summed E-state index contributed by atoms with van der Waals surface area (Å²) in [5.74, 6) is 0.990. The van der Waals surface area contributed by atoms with E-state index in [1.807, 2.05) is 37.4 Å². The van der Waals surface area contributed by atoms with Gasteiger partial charge in [-0.25, -0.2) is 9.67 Å². The smallest absolute Gasteiger partial charge is 0.156 e. The molecule has 0 saturated heterocycles. The van der Waals surface area contributed by atoms with Crippen LogP contribution in [0, 0.1) is 6.92 Å². The first-order chi connectivity index (χ1) is 9.65. The van der Waals surface area contributed by atoms with Crippen molar-refractivity contribution in [3.05, 3.63) is 58.8 Å². The summed E-state index contributed by atoms with van der Waals surface area (Å²) in [5.41, 5.74) is 2.43. The lowest BCUT2D eigenvalue weighted by molar-refractivity contribution is 0.477. The van der Waals surface area contributed by atoms with Gasteiger partial charge < -0.3 is 5.11 Å². The maximum absolute atomic E-state index is 9.94. The van der Waals surface area contributed by atoms with Crippen molar-refractivity contribution in [1.29, 1.82) is 0 Å². The quantitative estimate of drug-likeness (QED) is 0.779. The van der Waals surface area contributed by atoms with Gasteiger partial charge in [0.05, 0.1) is 5.69 Å². The van der Waals surface area contributed by atoms with Crippen LogP contribution in [-0.4, -0.2) is 19.9 Å². The highest BCUT2D eigenvalue weighted by Crippen LogP contribution is 2.30. The molecule has 3 rings (SSSR count). The number of aromatic hydroxyl groups is 1. The number of benzene rings is 1. The van der Waals surface area contributed by atoms with E-state index in [4.69, 9.17) is 0 Å². The van der Waals surface area contributed by atoms with Crippen molar-refractivity contribution in [2.75, 3.05) is 0 Å². The summed E-state index contributed by atoms with van der Waals surface area (Å²) in [5, 5.41) is 14.4. The molecule has 4 nitrogen and oxygen atoms in total. The van der Waals surface area contributed by atoms with Crippen molar-refractivity contribution in [2.24, 2.45) is 0 Å². The van der Waals surface area contributed by atoms with Gasteiger partial charge in [-0.05, 0) is 42.8 Å². The Hall–Kier alpha value is -2.14. The van der Waals surface area contributed by atoms with E-state index >= 15 is 0 Å². The summed E-state index contributed by atoms with van der Waals surface area (Å²) in [4.78, 5) is 4.32. The van der Waals surface area contributed by atoms with Crippen LogP contribution in [0.5, 0.6) is 5.75 Å². The molecule has 0 atom stereocenters. The summed E-state index contributed by atoms with van der Waals surface area (Å²) >= 11 is 3.40. The van der Waals surface area contributed by atoms with Gasteiger partial charge in [0, 0.05) is 22.4 Å². The molecule has 0 fully saturated rings. The van der Waals surface area contributed by atoms with Crippen LogP contribution >= 0.6 is 15.9 Å². The lowest BCUT2D eigenvalue weighted by Crippen LogP contribution is -2.00. The molecule has 0 aliphatic heterocycles. The highest BCUT2D eigenvalue weighted by atomic mass is 79.9. The molecule has 3 aromatic rings. The van der Waals surface area contributed by atoms with Crippen molar-refractivity contribution in [3.8, 4) is 22.8 Å². The molecular weight excluding hydrogens is 318 g/mol. The number of hydrogen-bond acceptors (Lipinski definition) is 3.